The fraction of sp³-hybridized carbons (Fsp3) is 0.133. The second kappa shape index (κ2) is 5.94. The van der Waals surface area contributed by atoms with Crippen LogP contribution in [0.15, 0.2) is 36.4 Å². The molecule has 0 saturated heterocycles. The summed E-state index contributed by atoms with van der Waals surface area (Å²) in [5.41, 5.74) is 6.10. The number of anilines is 2. The number of hydrazine groups is 1. The largest absolute Gasteiger partial charge is 0.323 e. The van der Waals surface area contributed by atoms with Crippen LogP contribution in [0, 0.1) is 13.8 Å². The Labute approximate surface area is 122 Å². The van der Waals surface area contributed by atoms with E-state index in [1.807, 2.05) is 26.0 Å². The maximum absolute atomic E-state index is 12.4. The molecule has 2 aromatic carbocycles. The van der Waals surface area contributed by atoms with E-state index in [9.17, 15) is 4.79 Å². The molecule has 5 heteroatoms. The fourth-order valence-electron chi connectivity index (χ4n) is 1.90. The average molecular weight is 290 g/mol. The minimum Gasteiger partial charge on any atom is -0.323 e. The van der Waals surface area contributed by atoms with Crippen molar-refractivity contribution >= 4 is 28.9 Å². The molecular formula is C15H16ClN3O. The highest BCUT2D eigenvalue weighted by Gasteiger charge is 2.13. The van der Waals surface area contributed by atoms with E-state index in [0.717, 1.165) is 11.1 Å². The van der Waals surface area contributed by atoms with Gasteiger partial charge in [0.1, 0.15) is 0 Å². The SMILES string of the molecule is Cc1ccc(NN)c(C(=O)Nc2cccc(Cl)c2C)c1. The van der Waals surface area contributed by atoms with Gasteiger partial charge in [-0.3, -0.25) is 10.6 Å². The Balaban J connectivity index is 2.33. The van der Waals surface area contributed by atoms with Gasteiger partial charge in [0.05, 0.1) is 11.3 Å². The van der Waals surface area contributed by atoms with E-state index in [4.69, 9.17) is 17.4 Å². The van der Waals surface area contributed by atoms with Gasteiger partial charge in [-0.1, -0.05) is 29.3 Å². The zero-order chi connectivity index (χ0) is 14.7. The molecule has 4 N–H and O–H groups in total. The maximum atomic E-state index is 12.4. The highest BCUT2D eigenvalue weighted by Crippen LogP contribution is 2.24. The highest BCUT2D eigenvalue weighted by molar-refractivity contribution is 6.31. The Bertz CT molecular complexity index is 656. The van der Waals surface area contributed by atoms with Crippen molar-refractivity contribution in [1.82, 2.24) is 0 Å². The second-order valence-corrected chi connectivity index (χ2v) is 4.97. The van der Waals surface area contributed by atoms with Crippen molar-refractivity contribution in [3.8, 4) is 0 Å². The number of halogens is 1. The van der Waals surface area contributed by atoms with E-state index in [1.54, 1.807) is 24.3 Å². The first-order valence-corrected chi connectivity index (χ1v) is 6.54. The van der Waals surface area contributed by atoms with Crippen molar-refractivity contribution in [2.24, 2.45) is 5.84 Å². The van der Waals surface area contributed by atoms with Gasteiger partial charge in [0.2, 0.25) is 0 Å². The zero-order valence-electron chi connectivity index (χ0n) is 11.3. The predicted octanol–water partition coefficient (Wildman–Crippen LogP) is 3.49. The molecule has 2 aromatic rings. The van der Waals surface area contributed by atoms with Crippen LogP contribution in [0.1, 0.15) is 21.5 Å². The smallest absolute Gasteiger partial charge is 0.257 e. The molecule has 0 unspecified atom stereocenters. The van der Waals surface area contributed by atoms with Gasteiger partial charge in [0, 0.05) is 10.7 Å². The normalized spacial score (nSPS) is 10.2. The van der Waals surface area contributed by atoms with Gasteiger partial charge < -0.3 is 10.7 Å². The molecule has 0 aliphatic rings. The van der Waals surface area contributed by atoms with Crippen molar-refractivity contribution in [1.29, 1.82) is 0 Å². The quantitative estimate of drug-likeness (QED) is 0.598. The van der Waals surface area contributed by atoms with E-state index in [0.29, 0.717) is 22.0 Å². The molecule has 20 heavy (non-hydrogen) atoms. The summed E-state index contributed by atoms with van der Waals surface area (Å²) in [6.07, 6.45) is 0. The summed E-state index contributed by atoms with van der Waals surface area (Å²) >= 11 is 6.04. The highest BCUT2D eigenvalue weighted by atomic mass is 35.5. The number of nitrogen functional groups attached to an aromatic ring is 1. The van der Waals surface area contributed by atoms with Crippen LogP contribution in [0.25, 0.3) is 0 Å². The molecule has 1 amide bonds. The topological polar surface area (TPSA) is 67.1 Å². The molecule has 2 rings (SSSR count). The van der Waals surface area contributed by atoms with Crippen LogP contribution in [-0.4, -0.2) is 5.91 Å². The molecule has 0 spiro atoms. The summed E-state index contributed by atoms with van der Waals surface area (Å²) in [6.45, 7) is 3.78. The molecule has 4 nitrogen and oxygen atoms in total. The molecule has 0 atom stereocenters. The van der Waals surface area contributed by atoms with E-state index in [2.05, 4.69) is 10.7 Å². The number of hydrogen-bond donors (Lipinski definition) is 3. The molecule has 0 aliphatic heterocycles. The van der Waals surface area contributed by atoms with Gasteiger partial charge in [0.25, 0.3) is 5.91 Å². The number of rotatable bonds is 3. The number of amides is 1. The van der Waals surface area contributed by atoms with Gasteiger partial charge in [-0.05, 0) is 43.7 Å². The predicted molar refractivity (Wildman–Crippen MR) is 83.1 cm³/mol. The van der Waals surface area contributed by atoms with Crippen molar-refractivity contribution in [3.05, 3.63) is 58.1 Å². The summed E-state index contributed by atoms with van der Waals surface area (Å²) in [5.74, 6) is 5.21. The lowest BCUT2D eigenvalue weighted by molar-refractivity contribution is 0.102. The van der Waals surface area contributed by atoms with Gasteiger partial charge in [-0.15, -0.1) is 0 Å². The van der Waals surface area contributed by atoms with Gasteiger partial charge >= 0.3 is 0 Å². The third kappa shape index (κ3) is 2.92. The van der Waals surface area contributed by atoms with Crippen LogP contribution >= 0.6 is 11.6 Å². The number of nitrogens with one attached hydrogen (secondary N) is 2. The Hall–Kier alpha value is -2.04. The third-order valence-electron chi connectivity index (χ3n) is 3.09. The lowest BCUT2D eigenvalue weighted by Gasteiger charge is -2.12. The minimum absolute atomic E-state index is 0.230. The Kier molecular flexibility index (Phi) is 4.27. The third-order valence-corrected chi connectivity index (χ3v) is 3.50. The standard InChI is InChI=1S/C15H16ClN3O/c1-9-6-7-14(19-17)11(8-9)15(20)18-13-5-3-4-12(16)10(13)2/h3-8,19H,17H2,1-2H3,(H,18,20). The first-order chi connectivity index (χ1) is 9.52. The molecule has 0 saturated carbocycles. The number of carbonyl (C=O) groups excluding carboxylic acids is 1. The van der Waals surface area contributed by atoms with Crippen molar-refractivity contribution in [3.63, 3.8) is 0 Å². The molecule has 0 radical (unpaired) electrons. The number of carbonyl (C=O) groups is 1. The first kappa shape index (κ1) is 14.4. The van der Waals surface area contributed by atoms with Crippen LogP contribution in [0.2, 0.25) is 5.02 Å². The summed E-state index contributed by atoms with van der Waals surface area (Å²) in [6, 6.07) is 10.8. The number of benzene rings is 2. The summed E-state index contributed by atoms with van der Waals surface area (Å²) in [5, 5.41) is 3.47. The number of nitrogens with two attached hydrogens (primary N) is 1. The van der Waals surface area contributed by atoms with E-state index in [1.165, 1.54) is 0 Å². The summed E-state index contributed by atoms with van der Waals surface area (Å²) < 4.78 is 0. The number of aryl methyl sites for hydroxylation is 1. The van der Waals surface area contributed by atoms with E-state index < -0.39 is 0 Å². The lowest BCUT2D eigenvalue weighted by atomic mass is 10.1. The molecular weight excluding hydrogens is 274 g/mol. The van der Waals surface area contributed by atoms with Gasteiger partial charge in [-0.25, -0.2) is 0 Å². The van der Waals surface area contributed by atoms with Crippen LogP contribution in [-0.2, 0) is 0 Å². The molecule has 0 aliphatic carbocycles. The minimum atomic E-state index is -0.230. The lowest BCUT2D eigenvalue weighted by Crippen LogP contribution is -2.18. The second-order valence-electron chi connectivity index (χ2n) is 4.56. The van der Waals surface area contributed by atoms with Gasteiger partial charge in [0.15, 0.2) is 0 Å². The van der Waals surface area contributed by atoms with Crippen LogP contribution in [0.3, 0.4) is 0 Å². The van der Waals surface area contributed by atoms with Crippen LogP contribution in [0.5, 0.6) is 0 Å². The maximum Gasteiger partial charge on any atom is 0.257 e. The first-order valence-electron chi connectivity index (χ1n) is 6.16. The van der Waals surface area contributed by atoms with E-state index >= 15 is 0 Å². The average Bonchev–Trinajstić information content (AvgIpc) is 2.43. The van der Waals surface area contributed by atoms with Crippen molar-refractivity contribution in [2.75, 3.05) is 10.7 Å². The van der Waals surface area contributed by atoms with E-state index in [-0.39, 0.29) is 5.91 Å². The summed E-state index contributed by atoms with van der Waals surface area (Å²) in [7, 11) is 0. The molecule has 0 heterocycles. The molecule has 0 aromatic heterocycles. The van der Waals surface area contributed by atoms with Gasteiger partial charge in [-0.2, -0.15) is 0 Å². The molecule has 0 bridgehead atoms. The Morgan fingerprint density at radius 3 is 2.60 bits per heavy atom. The molecule has 104 valence electrons. The van der Waals surface area contributed by atoms with Crippen molar-refractivity contribution in [2.45, 2.75) is 13.8 Å². The summed E-state index contributed by atoms with van der Waals surface area (Å²) in [4.78, 5) is 12.4. The monoisotopic (exact) mass is 289 g/mol. The molecule has 0 fully saturated rings. The fourth-order valence-corrected chi connectivity index (χ4v) is 2.08. The Morgan fingerprint density at radius 2 is 1.90 bits per heavy atom. The van der Waals surface area contributed by atoms with Crippen molar-refractivity contribution < 1.29 is 4.79 Å². The Morgan fingerprint density at radius 1 is 1.15 bits per heavy atom. The van der Waals surface area contributed by atoms with Crippen LogP contribution < -0.4 is 16.6 Å². The van der Waals surface area contributed by atoms with Crippen LogP contribution in [0.4, 0.5) is 11.4 Å². The number of hydrogen-bond acceptors (Lipinski definition) is 3. The zero-order valence-corrected chi connectivity index (χ0v) is 12.1.